The summed E-state index contributed by atoms with van der Waals surface area (Å²) >= 11 is 0.149. The summed E-state index contributed by atoms with van der Waals surface area (Å²) in [5.74, 6) is 0. The number of benzene rings is 1. The zero-order valence-electron chi connectivity index (χ0n) is 16.3. The first kappa shape index (κ1) is 20.4. The molecule has 1 unspecified atom stereocenters. The third kappa shape index (κ3) is 4.23. The van der Waals surface area contributed by atoms with Crippen molar-refractivity contribution >= 4 is 19.4 Å². The first-order valence-corrected chi connectivity index (χ1v) is 11.1. The summed E-state index contributed by atoms with van der Waals surface area (Å²) in [4.78, 5) is 29.0. The van der Waals surface area contributed by atoms with Gasteiger partial charge in [0.25, 0.3) is 0 Å². The molecule has 1 aromatic carbocycles. The van der Waals surface area contributed by atoms with Gasteiger partial charge in [-0.3, -0.25) is 0 Å². The predicted octanol–water partition coefficient (Wildman–Crippen LogP) is 2.18. The molecule has 0 bridgehead atoms. The van der Waals surface area contributed by atoms with Crippen LogP contribution in [0, 0.1) is 27.7 Å². The molecule has 3 atom stereocenters. The number of azide groups is 1. The van der Waals surface area contributed by atoms with Crippen LogP contribution in [-0.2, 0) is 4.74 Å². The van der Waals surface area contributed by atoms with Crippen molar-refractivity contribution in [2.75, 3.05) is 0 Å². The van der Waals surface area contributed by atoms with E-state index < -0.39 is 17.5 Å². The average Bonchev–Trinajstić information content (AvgIpc) is 3.00. The van der Waals surface area contributed by atoms with Crippen molar-refractivity contribution in [3.05, 3.63) is 71.9 Å². The van der Waals surface area contributed by atoms with Crippen molar-refractivity contribution in [2.24, 2.45) is 5.11 Å². The van der Waals surface area contributed by atoms with Crippen LogP contribution < -0.4 is 15.7 Å². The number of nitrogens with zero attached hydrogens (tertiary/aromatic N) is 4. The van der Waals surface area contributed by atoms with Crippen LogP contribution in [0.2, 0.25) is 5.32 Å². The Kier molecular flexibility index (Phi) is 6.10. The van der Waals surface area contributed by atoms with Crippen molar-refractivity contribution in [1.29, 1.82) is 0 Å². The number of aryl methyl sites for hydroxylation is 4. The van der Waals surface area contributed by atoms with E-state index in [9.17, 15) is 9.59 Å². The van der Waals surface area contributed by atoms with E-state index in [2.05, 4.69) is 47.9 Å². The van der Waals surface area contributed by atoms with Gasteiger partial charge in [-0.05, 0) is 0 Å². The van der Waals surface area contributed by atoms with E-state index >= 15 is 0 Å². The Bertz CT molecular complexity index is 1030. The molecule has 148 valence electrons. The number of H-pyrrole nitrogens is 1. The standard InChI is InChI=1S/C19H23N5O3Se/c1-10-5-11(2)17(12(3)6-10)28-9-15-14(22-23-20)7-16(27-15)24-8-13(4)18(25)21-19(24)26/h5-6,8,14-16H,7,9H2,1-4H3,(H,21,25,26)/t14?,15-,16-/m1/s1. The Labute approximate surface area is 168 Å². The fourth-order valence-corrected chi connectivity index (χ4v) is 6.11. The maximum atomic E-state index is 12.2. The molecule has 1 fully saturated rings. The minimum atomic E-state index is -0.556. The second-order valence-corrected chi connectivity index (χ2v) is 9.32. The fourth-order valence-electron chi connectivity index (χ4n) is 3.58. The van der Waals surface area contributed by atoms with Crippen LogP contribution in [0.1, 0.15) is 34.9 Å². The van der Waals surface area contributed by atoms with E-state index in [1.54, 1.807) is 6.92 Å². The van der Waals surface area contributed by atoms with Crippen LogP contribution >= 0.6 is 0 Å². The third-order valence-electron chi connectivity index (χ3n) is 4.86. The molecule has 8 nitrogen and oxygen atoms in total. The summed E-state index contributed by atoms with van der Waals surface area (Å²) in [6.45, 7) is 7.95. The van der Waals surface area contributed by atoms with Crippen LogP contribution in [0.3, 0.4) is 0 Å². The SMILES string of the molecule is Cc1cc(C)c([Se]C[C@H]2O[C@@H](n3cc(C)c(=O)[nH]c3=O)CC2N=[N+]=[N-])c(C)c1. The second-order valence-electron chi connectivity index (χ2n) is 7.15. The minimum absolute atomic E-state index is 0.149. The maximum absolute atomic E-state index is 12.2. The van der Waals surface area contributed by atoms with Gasteiger partial charge in [0.15, 0.2) is 0 Å². The molecular weight excluding hydrogens is 425 g/mol. The number of hydrogen-bond donors (Lipinski definition) is 1. The van der Waals surface area contributed by atoms with E-state index in [1.807, 2.05) is 0 Å². The van der Waals surface area contributed by atoms with E-state index in [4.69, 9.17) is 10.3 Å². The monoisotopic (exact) mass is 449 g/mol. The first-order valence-electron chi connectivity index (χ1n) is 9.02. The van der Waals surface area contributed by atoms with Gasteiger partial charge in [0.2, 0.25) is 0 Å². The summed E-state index contributed by atoms with van der Waals surface area (Å²) in [7, 11) is 0. The number of ether oxygens (including phenoxy) is 1. The van der Waals surface area contributed by atoms with Gasteiger partial charge in [0, 0.05) is 0 Å². The van der Waals surface area contributed by atoms with E-state index in [0.29, 0.717) is 12.0 Å². The Morgan fingerprint density at radius 1 is 1.25 bits per heavy atom. The summed E-state index contributed by atoms with van der Waals surface area (Å²) in [6, 6.07) is 4.01. The molecule has 0 radical (unpaired) electrons. The second kappa shape index (κ2) is 8.37. The molecule has 1 saturated heterocycles. The molecule has 1 aliphatic heterocycles. The van der Waals surface area contributed by atoms with E-state index in [-0.39, 0.29) is 27.1 Å². The molecule has 1 aromatic heterocycles. The summed E-state index contributed by atoms with van der Waals surface area (Å²) in [5.41, 5.74) is 12.2. The number of aromatic amines is 1. The normalized spacial score (nSPS) is 21.5. The fraction of sp³-hybridized carbons (Fsp3) is 0.474. The van der Waals surface area contributed by atoms with Crippen LogP contribution in [0.4, 0.5) is 0 Å². The van der Waals surface area contributed by atoms with E-state index in [0.717, 1.165) is 5.32 Å². The van der Waals surface area contributed by atoms with Gasteiger partial charge in [-0.25, -0.2) is 0 Å². The van der Waals surface area contributed by atoms with Gasteiger partial charge in [0.05, 0.1) is 0 Å². The molecule has 1 aliphatic rings. The van der Waals surface area contributed by atoms with Gasteiger partial charge in [-0.15, -0.1) is 0 Å². The van der Waals surface area contributed by atoms with Crippen molar-refractivity contribution < 1.29 is 4.74 Å². The van der Waals surface area contributed by atoms with Crippen molar-refractivity contribution in [3.8, 4) is 0 Å². The van der Waals surface area contributed by atoms with Gasteiger partial charge in [0.1, 0.15) is 0 Å². The zero-order chi connectivity index (χ0) is 20.4. The van der Waals surface area contributed by atoms with Crippen molar-refractivity contribution in [3.63, 3.8) is 0 Å². The molecule has 0 spiro atoms. The van der Waals surface area contributed by atoms with Crippen LogP contribution in [0.15, 0.2) is 33.0 Å². The topological polar surface area (TPSA) is 113 Å². The Morgan fingerprint density at radius 2 is 1.93 bits per heavy atom. The summed E-state index contributed by atoms with van der Waals surface area (Å²) in [5, 5.41) is 4.64. The Morgan fingerprint density at radius 3 is 2.57 bits per heavy atom. The van der Waals surface area contributed by atoms with Gasteiger partial charge >= 0.3 is 168 Å². The van der Waals surface area contributed by atoms with Crippen molar-refractivity contribution in [1.82, 2.24) is 9.55 Å². The third-order valence-corrected chi connectivity index (χ3v) is 7.85. The predicted molar refractivity (Wildman–Crippen MR) is 108 cm³/mol. The van der Waals surface area contributed by atoms with Crippen LogP contribution in [0.25, 0.3) is 10.4 Å². The van der Waals surface area contributed by atoms with E-state index in [1.165, 1.54) is 31.9 Å². The number of hydrogen-bond acceptors (Lipinski definition) is 4. The Hall–Kier alpha value is -2.31. The van der Waals surface area contributed by atoms with Gasteiger partial charge in [-0.2, -0.15) is 0 Å². The van der Waals surface area contributed by atoms with Gasteiger partial charge in [-0.1, -0.05) is 0 Å². The molecule has 0 amide bonds. The molecule has 3 rings (SSSR count). The number of aromatic nitrogens is 2. The van der Waals surface area contributed by atoms with Crippen LogP contribution in [0.5, 0.6) is 0 Å². The Balaban J connectivity index is 1.82. The molecule has 0 saturated carbocycles. The molecule has 0 aliphatic carbocycles. The zero-order valence-corrected chi connectivity index (χ0v) is 18.0. The quantitative estimate of drug-likeness (QED) is 0.327. The average molecular weight is 448 g/mol. The molecule has 9 heteroatoms. The summed E-state index contributed by atoms with van der Waals surface area (Å²) < 4.78 is 8.82. The summed E-state index contributed by atoms with van der Waals surface area (Å²) in [6.07, 6.45) is 1.09. The molecule has 2 heterocycles. The number of rotatable bonds is 5. The van der Waals surface area contributed by atoms with Crippen molar-refractivity contribution in [2.45, 2.75) is 57.8 Å². The number of nitrogens with one attached hydrogen (secondary N) is 1. The van der Waals surface area contributed by atoms with Crippen LogP contribution in [-0.4, -0.2) is 36.7 Å². The first-order chi connectivity index (χ1) is 13.3. The molecule has 2 aromatic rings. The molecular formula is C19H23N5O3Se. The molecule has 1 N–H and O–H groups in total. The molecule has 28 heavy (non-hydrogen) atoms. The van der Waals surface area contributed by atoms with Gasteiger partial charge < -0.3 is 0 Å².